The summed E-state index contributed by atoms with van der Waals surface area (Å²) in [6.07, 6.45) is 2.28. The quantitative estimate of drug-likeness (QED) is 0.922. The third-order valence-corrected chi connectivity index (χ3v) is 3.07. The van der Waals surface area contributed by atoms with Crippen LogP contribution in [-0.2, 0) is 6.42 Å². The Morgan fingerprint density at radius 3 is 2.74 bits per heavy atom. The van der Waals surface area contributed by atoms with Crippen LogP contribution >= 0.6 is 11.6 Å². The van der Waals surface area contributed by atoms with E-state index in [1.807, 2.05) is 33.0 Å². The van der Waals surface area contributed by atoms with Crippen molar-refractivity contribution in [2.45, 2.75) is 20.3 Å². The van der Waals surface area contributed by atoms with Crippen LogP contribution in [0.1, 0.15) is 18.1 Å². The van der Waals surface area contributed by atoms with Gasteiger partial charge in [-0.05, 0) is 37.1 Å². The van der Waals surface area contributed by atoms with E-state index in [1.54, 1.807) is 6.07 Å². The van der Waals surface area contributed by atoms with Gasteiger partial charge in [-0.15, -0.1) is 0 Å². The minimum Gasteiger partial charge on any atom is -0.438 e. The zero-order chi connectivity index (χ0) is 13.8. The molecule has 0 radical (unpaired) electrons. The van der Waals surface area contributed by atoms with Gasteiger partial charge in [0.25, 0.3) is 0 Å². The molecule has 0 amide bonds. The molecule has 2 aromatic rings. The topological polar surface area (TPSA) is 47.0 Å². The first-order valence-corrected chi connectivity index (χ1v) is 6.49. The van der Waals surface area contributed by atoms with Gasteiger partial charge in [-0.1, -0.05) is 18.5 Å². The molecule has 0 unspecified atom stereocenters. The second-order valence-electron chi connectivity index (χ2n) is 4.12. The molecule has 1 aromatic carbocycles. The number of ether oxygens (including phenoxy) is 1. The Hall–Kier alpha value is -1.81. The normalized spacial score (nSPS) is 10.3. The number of benzene rings is 1. The third-order valence-electron chi connectivity index (χ3n) is 2.84. The van der Waals surface area contributed by atoms with E-state index in [4.69, 9.17) is 16.3 Å². The highest BCUT2D eigenvalue weighted by Gasteiger charge is 2.12. The molecule has 4 nitrogen and oxygen atoms in total. The number of nitrogens with one attached hydrogen (secondary N) is 1. The van der Waals surface area contributed by atoms with E-state index < -0.39 is 0 Å². The van der Waals surface area contributed by atoms with Crippen molar-refractivity contribution >= 4 is 17.4 Å². The minimum atomic E-state index is 0.576. The van der Waals surface area contributed by atoms with Gasteiger partial charge in [0.05, 0.1) is 5.56 Å². The Bertz CT molecular complexity index is 587. The fraction of sp³-hybridized carbons (Fsp3) is 0.286. The molecule has 0 aliphatic rings. The maximum absolute atomic E-state index is 5.93. The Balaban J connectivity index is 2.37. The smallest absolute Gasteiger partial charge is 0.227 e. The minimum absolute atomic E-state index is 0.576. The summed E-state index contributed by atoms with van der Waals surface area (Å²) in [5.74, 6) is 2.12. The summed E-state index contributed by atoms with van der Waals surface area (Å²) in [6, 6.07) is 5.51. The van der Waals surface area contributed by atoms with Gasteiger partial charge in [0.1, 0.15) is 17.9 Å². The van der Waals surface area contributed by atoms with Crippen LogP contribution in [0.25, 0.3) is 0 Å². The van der Waals surface area contributed by atoms with Crippen LogP contribution in [0.2, 0.25) is 5.02 Å². The standard InChI is InChI=1S/C14H16ClN3O/c1-4-11-13(16-3)17-8-18-14(11)19-12-6-5-10(15)7-9(12)2/h5-8H,4H2,1-3H3,(H,16,17,18). The maximum atomic E-state index is 5.93. The SMILES string of the molecule is CCc1c(NC)ncnc1Oc1ccc(Cl)cc1C. The van der Waals surface area contributed by atoms with Gasteiger partial charge in [-0.25, -0.2) is 9.97 Å². The summed E-state index contributed by atoms with van der Waals surface area (Å²) in [5.41, 5.74) is 1.93. The average molecular weight is 278 g/mol. The lowest BCUT2D eigenvalue weighted by Crippen LogP contribution is -2.02. The summed E-state index contributed by atoms with van der Waals surface area (Å²) in [6.45, 7) is 3.99. The highest BCUT2D eigenvalue weighted by molar-refractivity contribution is 6.30. The molecule has 0 atom stereocenters. The summed E-state index contributed by atoms with van der Waals surface area (Å²) in [7, 11) is 1.83. The summed E-state index contributed by atoms with van der Waals surface area (Å²) in [5, 5.41) is 3.74. The van der Waals surface area contributed by atoms with Gasteiger partial charge < -0.3 is 10.1 Å². The lowest BCUT2D eigenvalue weighted by molar-refractivity contribution is 0.452. The lowest BCUT2D eigenvalue weighted by Gasteiger charge is -2.13. The zero-order valence-corrected chi connectivity index (χ0v) is 12.0. The molecule has 0 aliphatic carbocycles. The van der Waals surface area contributed by atoms with Crippen molar-refractivity contribution in [1.29, 1.82) is 0 Å². The zero-order valence-electron chi connectivity index (χ0n) is 11.2. The highest BCUT2D eigenvalue weighted by Crippen LogP contribution is 2.30. The molecule has 100 valence electrons. The molecule has 1 aromatic heterocycles. The number of aryl methyl sites for hydroxylation is 1. The van der Waals surface area contributed by atoms with E-state index in [0.717, 1.165) is 29.1 Å². The van der Waals surface area contributed by atoms with Crippen molar-refractivity contribution in [3.8, 4) is 11.6 Å². The Labute approximate surface area is 117 Å². The van der Waals surface area contributed by atoms with Gasteiger partial charge in [0, 0.05) is 12.1 Å². The summed E-state index contributed by atoms with van der Waals surface area (Å²) < 4.78 is 5.88. The van der Waals surface area contributed by atoms with Gasteiger partial charge in [0.15, 0.2) is 0 Å². The number of anilines is 1. The van der Waals surface area contributed by atoms with Crippen molar-refractivity contribution in [2.24, 2.45) is 0 Å². The first-order valence-electron chi connectivity index (χ1n) is 6.11. The maximum Gasteiger partial charge on any atom is 0.227 e. The molecule has 19 heavy (non-hydrogen) atoms. The molecule has 0 aliphatic heterocycles. The number of rotatable bonds is 4. The molecule has 0 spiro atoms. The molecular formula is C14H16ClN3O. The van der Waals surface area contributed by atoms with E-state index >= 15 is 0 Å². The average Bonchev–Trinajstić information content (AvgIpc) is 2.41. The third kappa shape index (κ3) is 2.96. The van der Waals surface area contributed by atoms with E-state index in [1.165, 1.54) is 6.33 Å². The molecule has 0 bridgehead atoms. The molecule has 1 heterocycles. The lowest BCUT2D eigenvalue weighted by atomic mass is 10.2. The summed E-state index contributed by atoms with van der Waals surface area (Å²) in [4.78, 5) is 8.39. The van der Waals surface area contributed by atoms with Crippen molar-refractivity contribution in [3.05, 3.63) is 40.7 Å². The molecule has 0 fully saturated rings. The van der Waals surface area contributed by atoms with Crippen LogP contribution in [-0.4, -0.2) is 17.0 Å². The number of hydrogen-bond donors (Lipinski definition) is 1. The molecule has 0 saturated heterocycles. The predicted octanol–water partition coefficient (Wildman–Crippen LogP) is 3.83. The van der Waals surface area contributed by atoms with Crippen molar-refractivity contribution in [2.75, 3.05) is 12.4 Å². The fourth-order valence-electron chi connectivity index (χ4n) is 1.85. The van der Waals surface area contributed by atoms with Crippen LogP contribution in [0, 0.1) is 6.92 Å². The largest absolute Gasteiger partial charge is 0.438 e. The van der Waals surface area contributed by atoms with Gasteiger partial charge in [-0.2, -0.15) is 0 Å². The van der Waals surface area contributed by atoms with Gasteiger partial charge in [-0.3, -0.25) is 0 Å². The van der Waals surface area contributed by atoms with Crippen molar-refractivity contribution in [3.63, 3.8) is 0 Å². The fourth-order valence-corrected chi connectivity index (χ4v) is 2.08. The highest BCUT2D eigenvalue weighted by atomic mass is 35.5. The van der Waals surface area contributed by atoms with Crippen LogP contribution < -0.4 is 10.1 Å². The molecule has 2 rings (SSSR count). The van der Waals surface area contributed by atoms with E-state index in [2.05, 4.69) is 15.3 Å². The molecule has 1 N–H and O–H groups in total. The Morgan fingerprint density at radius 2 is 2.11 bits per heavy atom. The number of halogens is 1. The van der Waals surface area contributed by atoms with Gasteiger partial charge in [0.2, 0.25) is 5.88 Å². The number of hydrogen-bond acceptors (Lipinski definition) is 4. The van der Waals surface area contributed by atoms with Crippen molar-refractivity contribution < 1.29 is 4.74 Å². The van der Waals surface area contributed by atoms with E-state index in [9.17, 15) is 0 Å². The Morgan fingerprint density at radius 1 is 1.32 bits per heavy atom. The number of aromatic nitrogens is 2. The second kappa shape index (κ2) is 5.89. The summed E-state index contributed by atoms with van der Waals surface area (Å²) >= 11 is 5.93. The first kappa shape index (κ1) is 13.6. The van der Waals surface area contributed by atoms with Crippen molar-refractivity contribution in [1.82, 2.24) is 9.97 Å². The second-order valence-corrected chi connectivity index (χ2v) is 4.56. The predicted molar refractivity (Wildman–Crippen MR) is 77.2 cm³/mol. The van der Waals surface area contributed by atoms with Crippen LogP contribution in [0.4, 0.5) is 5.82 Å². The first-order chi connectivity index (χ1) is 9.15. The monoisotopic (exact) mass is 277 g/mol. The van der Waals surface area contributed by atoms with Crippen LogP contribution in [0.3, 0.4) is 0 Å². The molecule has 0 saturated carbocycles. The number of nitrogens with zero attached hydrogens (tertiary/aromatic N) is 2. The van der Waals surface area contributed by atoms with Crippen LogP contribution in [0.15, 0.2) is 24.5 Å². The molecular weight excluding hydrogens is 262 g/mol. The molecule has 5 heteroatoms. The van der Waals surface area contributed by atoms with E-state index in [-0.39, 0.29) is 0 Å². The van der Waals surface area contributed by atoms with Crippen LogP contribution in [0.5, 0.6) is 11.6 Å². The van der Waals surface area contributed by atoms with E-state index in [0.29, 0.717) is 10.9 Å². The van der Waals surface area contributed by atoms with Gasteiger partial charge >= 0.3 is 0 Å². The Kier molecular flexibility index (Phi) is 4.22.